The minimum absolute atomic E-state index is 0.110. The molecule has 216 valence electrons. The van der Waals surface area contributed by atoms with Gasteiger partial charge in [0.05, 0.1) is 11.1 Å². The summed E-state index contributed by atoms with van der Waals surface area (Å²) >= 11 is 0. The number of rotatable bonds is 10. The van der Waals surface area contributed by atoms with Gasteiger partial charge in [0, 0.05) is 48.1 Å². The molecule has 0 fully saturated rings. The Balaban J connectivity index is 1.85. The van der Waals surface area contributed by atoms with Crippen LogP contribution < -0.4 is 10.6 Å². The van der Waals surface area contributed by atoms with Gasteiger partial charge in [-0.25, -0.2) is 9.59 Å². The van der Waals surface area contributed by atoms with E-state index in [-0.39, 0.29) is 28.3 Å². The molecule has 0 aliphatic rings. The van der Waals surface area contributed by atoms with Gasteiger partial charge in [-0.05, 0) is 84.8 Å². The molecule has 0 aromatic heterocycles. The first kappa shape index (κ1) is 28.7. The fourth-order valence-corrected chi connectivity index (χ4v) is 5.60. The van der Waals surface area contributed by atoms with Gasteiger partial charge in [-0.2, -0.15) is 0 Å². The Kier molecular flexibility index (Phi) is 7.68. The first-order chi connectivity index (χ1) is 20.0. The third-order valence-corrected chi connectivity index (χ3v) is 7.54. The second-order valence-electron chi connectivity index (χ2n) is 10.9. The fraction of sp³-hybridized carbons (Fsp3) is 0.250. The van der Waals surface area contributed by atoms with E-state index in [4.69, 9.17) is 0 Å². The van der Waals surface area contributed by atoms with Crippen molar-refractivity contribution in [3.8, 4) is 0 Å². The monoisotopic (exact) mass is 568 g/mol. The normalized spacial score (nSPS) is 11.8. The molecule has 0 radical (unpaired) electrons. The number of hydrogen-bond donors (Lipinski definition) is 4. The maximum absolute atomic E-state index is 13.5. The van der Waals surface area contributed by atoms with Crippen LogP contribution in [-0.4, -0.2) is 98.1 Å². The van der Waals surface area contributed by atoms with E-state index in [1.807, 2.05) is 38.0 Å². The molecule has 0 atom stereocenters. The van der Waals surface area contributed by atoms with E-state index >= 15 is 0 Å². The predicted molar refractivity (Wildman–Crippen MR) is 163 cm³/mol. The van der Waals surface area contributed by atoms with E-state index in [2.05, 4.69) is 10.6 Å². The number of amides is 2. The average Bonchev–Trinajstić information content (AvgIpc) is 2.94. The molecule has 0 bridgehead atoms. The molecule has 2 amide bonds. The molecule has 0 aliphatic heterocycles. The Morgan fingerprint density at radius 1 is 0.524 bits per heavy atom. The fourth-order valence-electron chi connectivity index (χ4n) is 5.60. The summed E-state index contributed by atoms with van der Waals surface area (Å²) in [6, 6.07) is 13.1. The van der Waals surface area contributed by atoms with Gasteiger partial charge in [-0.1, -0.05) is 24.3 Å². The lowest BCUT2D eigenvalue weighted by Crippen LogP contribution is -2.33. The van der Waals surface area contributed by atoms with E-state index in [0.717, 1.165) is 0 Å². The number of benzene rings is 5. The van der Waals surface area contributed by atoms with Crippen LogP contribution in [0.3, 0.4) is 0 Å². The summed E-state index contributed by atoms with van der Waals surface area (Å²) in [5.74, 6) is -3.10. The average molecular weight is 569 g/mol. The van der Waals surface area contributed by atoms with Crippen LogP contribution in [0, 0.1) is 0 Å². The lowest BCUT2D eigenvalue weighted by atomic mass is 9.84. The van der Waals surface area contributed by atoms with E-state index < -0.39 is 11.9 Å². The van der Waals surface area contributed by atoms with E-state index in [0.29, 0.717) is 75.0 Å². The van der Waals surface area contributed by atoms with Crippen molar-refractivity contribution in [1.29, 1.82) is 0 Å². The van der Waals surface area contributed by atoms with Gasteiger partial charge in [0.25, 0.3) is 11.8 Å². The first-order valence-corrected chi connectivity index (χ1v) is 13.5. The summed E-state index contributed by atoms with van der Waals surface area (Å²) in [5, 5.41) is 30.2. The SMILES string of the molecule is CN(C)CCNC(=O)c1ccc2c3ccc(C(=O)O)c4c(C(=O)O)ccc(c5ccc(C(=O)NCCN(C)C)c1c25)c43. The van der Waals surface area contributed by atoms with Gasteiger partial charge < -0.3 is 30.6 Å². The van der Waals surface area contributed by atoms with Crippen molar-refractivity contribution in [1.82, 2.24) is 20.4 Å². The molecule has 10 nitrogen and oxygen atoms in total. The zero-order valence-electron chi connectivity index (χ0n) is 23.9. The van der Waals surface area contributed by atoms with Crippen LogP contribution in [0.25, 0.3) is 43.1 Å². The molecule has 42 heavy (non-hydrogen) atoms. The third kappa shape index (κ3) is 4.95. The number of fused-ring (bicyclic) bond motifs is 2. The van der Waals surface area contributed by atoms with Crippen molar-refractivity contribution in [2.24, 2.45) is 0 Å². The number of carboxylic acid groups (broad SMARTS) is 2. The Bertz CT molecular complexity index is 1770. The van der Waals surface area contributed by atoms with Crippen LogP contribution in [0.5, 0.6) is 0 Å². The molecule has 0 unspecified atom stereocenters. The second-order valence-corrected chi connectivity index (χ2v) is 10.9. The smallest absolute Gasteiger partial charge is 0.336 e. The molecule has 5 rings (SSSR count). The number of nitrogens with zero attached hydrogens (tertiary/aromatic N) is 2. The zero-order valence-corrected chi connectivity index (χ0v) is 23.9. The highest BCUT2D eigenvalue weighted by Gasteiger charge is 2.25. The van der Waals surface area contributed by atoms with Gasteiger partial charge in [-0.15, -0.1) is 0 Å². The van der Waals surface area contributed by atoms with Crippen LogP contribution >= 0.6 is 0 Å². The largest absolute Gasteiger partial charge is 0.478 e. The standard InChI is InChI=1S/C32H32N4O6/c1-35(2)15-13-33-29(37)21-9-5-17-19-7-11-23(31(39)40)28-24(32(41)42)12-8-20(26(19)28)18-6-10-22(27(21)25(17)18)30(38)34-14-16-36(3)4/h5-12H,13-16H2,1-4H3,(H,33,37)(H,34,38)(H,39,40)(H,41,42). The Morgan fingerprint density at radius 2 is 0.833 bits per heavy atom. The van der Waals surface area contributed by atoms with Gasteiger partial charge in [0.1, 0.15) is 0 Å². The Hall–Kier alpha value is -4.80. The summed E-state index contributed by atoms with van der Waals surface area (Å²) in [5.41, 5.74) is 0.468. The number of likely N-dealkylation sites (N-methyl/N-ethyl adjacent to an activating group) is 2. The van der Waals surface area contributed by atoms with Crippen LogP contribution in [0.1, 0.15) is 41.4 Å². The number of nitrogens with one attached hydrogen (secondary N) is 2. The van der Waals surface area contributed by atoms with Crippen molar-refractivity contribution >= 4 is 66.8 Å². The summed E-state index contributed by atoms with van der Waals surface area (Å²) in [7, 11) is 7.64. The molecule has 0 saturated carbocycles. The van der Waals surface area contributed by atoms with Crippen molar-refractivity contribution in [3.63, 3.8) is 0 Å². The van der Waals surface area contributed by atoms with E-state index in [9.17, 15) is 29.4 Å². The van der Waals surface area contributed by atoms with Crippen LogP contribution in [0.15, 0.2) is 48.5 Å². The van der Waals surface area contributed by atoms with Crippen LogP contribution in [0.4, 0.5) is 0 Å². The van der Waals surface area contributed by atoms with Gasteiger partial charge in [0.15, 0.2) is 0 Å². The highest BCUT2D eigenvalue weighted by atomic mass is 16.4. The summed E-state index contributed by atoms with van der Waals surface area (Å²) in [6.45, 7) is 2.10. The quantitative estimate of drug-likeness (QED) is 0.148. The number of carbonyl (C=O) groups excluding carboxylic acids is 2. The topological polar surface area (TPSA) is 139 Å². The maximum Gasteiger partial charge on any atom is 0.336 e. The van der Waals surface area contributed by atoms with Gasteiger partial charge in [0.2, 0.25) is 0 Å². The molecule has 4 N–H and O–H groups in total. The van der Waals surface area contributed by atoms with Gasteiger partial charge >= 0.3 is 11.9 Å². The Morgan fingerprint density at radius 3 is 1.14 bits per heavy atom. The number of hydrogen-bond acceptors (Lipinski definition) is 6. The minimum atomic E-state index is -1.23. The minimum Gasteiger partial charge on any atom is -0.478 e. The van der Waals surface area contributed by atoms with Crippen LogP contribution in [-0.2, 0) is 0 Å². The molecule has 5 aromatic rings. The summed E-state index contributed by atoms with van der Waals surface area (Å²) < 4.78 is 0. The molecule has 0 saturated heterocycles. The Labute approximate surface area is 241 Å². The van der Waals surface area contributed by atoms with Crippen molar-refractivity contribution < 1.29 is 29.4 Å². The predicted octanol–water partition coefficient (Wildman–Crippen LogP) is 3.72. The number of carboxylic acids is 2. The number of carbonyl (C=O) groups is 4. The molecule has 0 aliphatic carbocycles. The molecular weight excluding hydrogens is 536 g/mol. The summed E-state index contributed by atoms with van der Waals surface area (Å²) in [4.78, 5) is 55.3. The lowest BCUT2D eigenvalue weighted by molar-refractivity contribution is 0.0695. The van der Waals surface area contributed by atoms with E-state index in [1.54, 1.807) is 36.4 Å². The molecule has 0 heterocycles. The second kappa shape index (κ2) is 11.2. The third-order valence-electron chi connectivity index (χ3n) is 7.54. The molecule has 10 heteroatoms. The highest BCUT2D eigenvalue weighted by molar-refractivity contribution is 6.38. The van der Waals surface area contributed by atoms with Crippen LogP contribution in [0.2, 0.25) is 0 Å². The number of aromatic carboxylic acids is 2. The molecule has 5 aromatic carbocycles. The van der Waals surface area contributed by atoms with Gasteiger partial charge in [-0.3, -0.25) is 9.59 Å². The molecular formula is C32H32N4O6. The van der Waals surface area contributed by atoms with E-state index in [1.165, 1.54) is 12.1 Å². The van der Waals surface area contributed by atoms with Crippen molar-refractivity contribution in [2.45, 2.75) is 0 Å². The molecule has 0 spiro atoms. The highest BCUT2D eigenvalue weighted by Crippen LogP contribution is 2.44. The summed E-state index contributed by atoms with van der Waals surface area (Å²) in [6.07, 6.45) is 0. The first-order valence-electron chi connectivity index (χ1n) is 13.5. The zero-order chi connectivity index (χ0) is 30.3. The van der Waals surface area contributed by atoms with Crippen molar-refractivity contribution in [3.05, 3.63) is 70.8 Å². The van der Waals surface area contributed by atoms with Crippen molar-refractivity contribution in [2.75, 3.05) is 54.4 Å². The lowest BCUT2D eigenvalue weighted by Gasteiger charge is -2.20. The maximum atomic E-state index is 13.5.